The molecule has 0 aromatic heterocycles. The average Bonchev–Trinajstić information content (AvgIpc) is 2.46. The van der Waals surface area contributed by atoms with Gasteiger partial charge in [-0.3, -0.25) is 0 Å². The van der Waals surface area contributed by atoms with Crippen LogP contribution >= 0.6 is 0 Å². The highest BCUT2D eigenvalue weighted by Gasteiger charge is 2.20. The van der Waals surface area contributed by atoms with Gasteiger partial charge in [-0.05, 0) is 49.7 Å². The molecule has 0 spiro atoms. The molecule has 0 fully saturated rings. The zero-order chi connectivity index (χ0) is 15.1. The number of benzene rings is 1. The molecule has 2 nitrogen and oxygen atoms in total. The summed E-state index contributed by atoms with van der Waals surface area (Å²) in [5.41, 5.74) is 4.50. The van der Waals surface area contributed by atoms with Crippen molar-refractivity contribution >= 4 is 0 Å². The van der Waals surface area contributed by atoms with Crippen molar-refractivity contribution in [3.8, 4) is 11.5 Å². The van der Waals surface area contributed by atoms with E-state index in [1.807, 2.05) is 6.92 Å². The van der Waals surface area contributed by atoms with Gasteiger partial charge in [-0.25, -0.2) is 0 Å². The first kappa shape index (κ1) is 16.9. The van der Waals surface area contributed by atoms with Crippen LogP contribution in [0.25, 0.3) is 0 Å². The molecule has 0 aliphatic heterocycles. The third-order valence-electron chi connectivity index (χ3n) is 4.16. The predicted octanol–water partition coefficient (Wildman–Crippen LogP) is 4.91. The number of phenols is 2. The van der Waals surface area contributed by atoms with Crippen molar-refractivity contribution in [3.05, 3.63) is 22.3 Å². The largest absolute Gasteiger partial charge is 0.504 e. The minimum atomic E-state index is 0.121. The van der Waals surface area contributed by atoms with Crippen molar-refractivity contribution in [3.63, 3.8) is 0 Å². The van der Waals surface area contributed by atoms with Crippen molar-refractivity contribution in [2.75, 3.05) is 0 Å². The summed E-state index contributed by atoms with van der Waals surface area (Å²) in [7, 11) is 0. The van der Waals surface area contributed by atoms with E-state index in [-0.39, 0.29) is 11.5 Å². The van der Waals surface area contributed by atoms with Crippen LogP contribution < -0.4 is 0 Å². The van der Waals surface area contributed by atoms with Crippen molar-refractivity contribution in [1.82, 2.24) is 0 Å². The molecule has 0 aliphatic rings. The molecule has 0 bridgehead atoms. The Morgan fingerprint density at radius 2 is 1.05 bits per heavy atom. The third-order valence-corrected chi connectivity index (χ3v) is 4.16. The number of phenolic OH excluding ortho intramolecular Hbond substituents is 2. The lowest BCUT2D eigenvalue weighted by molar-refractivity contribution is 0.393. The van der Waals surface area contributed by atoms with E-state index in [2.05, 4.69) is 20.8 Å². The van der Waals surface area contributed by atoms with E-state index >= 15 is 0 Å². The fraction of sp³-hybridized carbons (Fsp3) is 0.667. The standard InChI is InChI=1S/C18H30O2/c1-5-9-11-15-13(7-3)14(8-4)17(19)18(20)16(15)12-10-6-2/h19-20H,5-12H2,1-4H3. The summed E-state index contributed by atoms with van der Waals surface area (Å²) < 4.78 is 0. The Morgan fingerprint density at radius 1 is 0.600 bits per heavy atom. The number of hydrogen-bond acceptors (Lipinski definition) is 2. The van der Waals surface area contributed by atoms with E-state index < -0.39 is 0 Å². The molecule has 0 unspecified atom stereocenters. The highest BCUT2D eigenvalue weighted by atomic mass is 16.3. The fourth-order valence-corrected chi connectivity index (χ4v) is 3.02. The van der Waals surface area contributed by atoms with Gasteiger partial charge in [-0.2, -0.15) is 0 Å². The minimum absolute atomic E-state index is 0.121. The van der Waals surface area contributed by atoms with Gasteiger partial charge in [-0.15, -0.1) is 0 Å². The van der Waals surface area contributed by atoms with Crippen LogP contribution in [0.5, 0.6) is 11.5 Å². The van der Waals surface area contributed by atoms with E-state index in [0.29, 0.717) is 0 Å². The van der Waals surface area contributed by atoms with Gasteiger partial charge in [0.1, 0.15) is 0 Å². The molecule has 1 aromatic rings. The van der Waals surface area contributed by atoms with Crippen LogP contribution in [-0.4, -0.2) is 10.2 Å². The Bertz CT molecular complexity index is 436. The molecule has 0 radical (unpaired) electrons. The third kappa shape index (κ3) is 3.47. The molecule has 2 heteroatoms. The summed E-state index contributed by atoms with van der Waals surface area (Å²) in [5, 5.41) is 20.7. The van der Waals surface area contributed by atoms with Gasteiger partial charge >= 0.3 is 0 Å². The normalized spacial score (nSPS) is 11.0. The van der Waals surface area contributed by atoms with Crippen LogP contribution in [0, 0.1) is 0 Å². The molecule has 0 atom stereocenters. The second-order valence-electron chi connectivity index (χ2n) is 5.53. The van der Waals surface area contributed by atoms with E-state index in [4.69, 9.17) is 0 Å². The maximum absolute atomic E-state index is 10.4. The smallest absolute Gasteiger partial charge is 0.161 e. The van der Waals surface area contributed by atoms with Crippen molar-refractivity contribution in [1.29, 1.82) is 0 Å². The van der Waals surface area contributed by atoms with Crippen molar-refractivity contribution < 1.29 is 10.2 Å². The second-order valence-corrected chi connectivity index (χ2v) is 5.53. The summed E-state index contributed by atoms with van der Waals surface area (Å²) >= 11 is 0. The first-order valence-corrected chi connectivity index (χ1v) is 8.19. The van der Waals surface area contributed by atoms with Gasteiger partial charge in [0.25, 0.3) is 0 Å². The Morgan fingerprint density at radius 3 is 1.50 bits per heavy atom. The quantitative estimate of drug-likeness (QED) is 0.663. The molecule has 1 rings (SSSR count). The van der Waals surface area contributed by atoms with Crippen LogP contribution in [0.15, 0.2) is 0 Å². The van der Waals surface area contributed by atoms with Gasteiger partial charge in [-0.1, -0.05) is 40.5 Å². The zero-order valence-electron chi connectivity index (χ0n) is 13.6. The first-order valence-electron chi connectivity index (χ1n) is 8.19. The Kier molecular flexibility index (Phi) is 6.90. The number of aromatic hydroxyl groups is 2. The fourth-order valence-electron chi connectivity index (χ4n) is 3.02. The Balaban J connectivity index is 3.40. The van der Waals surface area contributed by atoms with Crippen LogP contribution in [0.3, 0.4) is 0 Å². The Hall–Kier alpha value is -1.18. The summed E-state index contributed by atoms with van der Waals surface area (Å²) in [5.74, 6) is 0.259. The number of rotatable bonds is 8. The van der Waals surface area contributed by atoms with Crippen LogP contribution in [0.1, 0.15) is 75.6 Å². The van der Waals surface area contributed by atoms with E-state index in [0.717, 1.165) is 62.5 Å². The van der Waals surface area contributed by atoms with Gasteiger partial charge in [0.2, 0.25) is 0 Å². The van der Waals surface area contributed by atoms with Gasteiger partial charge in [0.05, 0.1) is 0 Å². The lowest BCUT2D eigenvalue weighted by Crippen LogP contribution is -2.06. The molecule has 114 valence electrons. The molecule has 1 aromatic carbocycles. The summed E-state index contributed by atoms with van der Waals surface area (Å²) in [6.07, 6.45) is 8.03. The van der Waals surface area contributed by atoms with Crippen LogP contribution in [0.2, 0.25) is 0 Å². The van der Waals surface area contributed by atoms with Gasteiger partial charge in [0, 0.05) is 11.1 Å². The highest BCUT2D eigenvalue weighted by Crippen LogP contribution is 2.40. The monoisotopic (exact) mass is 278 g/mol. The molecule has 0 aliphatic carbocycles. The van der Waals surface area contributed by atoms with Crippen LogP contribution in [-0.2, 0) is 25.7 Å². The van der Waals surface area contributed by atoms with Crippen molar-refractivity contribution in [2.24, 2.45) is 0 Å². The SMILES string of the molecule is CCCCc1c(O)c(O)c(CC)c(CC)c1CCCC. The lowest BCUT2D eigenvalue weighted by Gasteiger charge is -2.21. The van der Waals surface area contributed by atoms with Crippen molar-refractivity contribution in [2.45, 2.75) is 79.1 Å². The van der Waals surface area contributed by atoms with Crippen LogP contribution in [0.4, 0.5) is 0 Å². The average molecular weight is 278 g/mol. The van der Waals surface area contributed by atoms with E-state index in [1.165, 1.54) is 11.1 Å². The highest BCUT2D eigenvalue weighted by molar-refractivity contribution is 5.59. The minimum Gasteiger partial charge on any atom is -0.504 e. The summed E-state index contributed by atoms with van der Waals surface area (Å²) in [6.45, 7) is 8.54. The van der Waals surface area contributed by atoms with Gasteiger partial charge in [0.15, 0.2) is 11.5 Å². The molecule has 20 heavy (non-hydrogen) atoms. The first-order chi connectivity index (χ1) is 9.62. The lowest BCUT2D eigenvalue weighted by atomic mass is 9.86. The van der Waals surface area contributed by atoms with E-state index in [9.17, 15) is 10.2 Å². The predicted molar refractivity (Wildman–Crippen MR) is 85.8 cm³/mol. The molecular formula is C18H30O2. The second kappa shape index (κ2) is 8.18. The van der Waals surface area contributed by atoms with Gasteiger partial charge < -0.3 is 10.2 Å². The number of unbranched alkanes of at least 4 members (excludes halogenated alkanes) is 2. The maximum atomic E-state index is 10.4. The number of hydrogen-bond donors (Lipinski definition) is 2. The van der Waals surface area contributed by atoms with E-state index in [1.54, 1.807) is 0 Å². The molecule has 0 saturated heterocycles. The zero-order valence-corrected chi connectivity index (χ0v) is 13.6. The molecule has 0 amide bonds. The molecule has 0 saturated carbocycles. The molecule has 2 N–H and O–H groups in total. The summed E-state index contributed by atoms with van der Waals surface area (Å²) in [4.78, 5) is 0. The molecule has 0 heterocycles. The topological polar surface area (TPSA) is 40.5 Å². The summed E-state index contributed by atoms with van der Waals surface area (Å²) in [6, 6.07) is 0. The maximum Gasteiger partial charge on any atom is 0.161 e. The molecular weight excluding hydrogens is 248 g/mol. The Labute approximate surface area is 123 Å².